The van der Waals surface area contributed by atoms with Crippen LogP contribution >= 0.6 is 0 Å². The van der Waals surface area contributed by atoms with E-state index >= 15 is 0 Å². The van der Waals surface area contributed by atoms with Crippen molar-refractivity contribution in [3.8, 4) is 0 Å². The van der Waals surface area contributed by atoms with Crippen molar-refractivity contribution in [3.05, 3.63) is 24.2 Å². The van der Waals surface area contributed by atoms with E-state index in [2.05, 4.69) is 23.2 Å². The summed E-state index contributed by atoms with van der Waals surface area (Å²) >= 11 is 0. The van der Waals surface area contributed by atoms with Crippen LogP contribution in [-0.4, -0.2) is 30.1 Å². The van der Waals surface area contributed by atoms with E-state index in [0.717, 1.165) is 24.3 Å². The molecule has 1 aliphatic carbocycles. The zero-order chi connectivity index (χ0) is 12.4. The standard InChI is InChI=1S/C15H24N2O/c1-12-4-2-8-16-15(12)11-17(13-6-7-13)10-14-5-3-9-18-14/h3,5,9,12-13,15-16H,2,4,6-8,10-11H2,1H3. The SMILES string of the molecule is CC1CCCNC1CN(Cc1ccco1)C1CC1. The van der Waals surface area contributed by atoms with Crippen LogP contribution in [0, 0.1) is 5.92 Å². The van der Waals surface area contributed by atoms with Gasteiger partial charge in [-0.05, 0) is 50.3 Å². The Morgan fingerprint density at radius 3 is 2.94 bits per heavy atom. The maximum atomic E-state index is 5.50. The molecule has 2 heterocycles. The first-order valence-electron chi connectivity index (χ1n) is 7.33. The molecule has 0 amide bonds. The summed E-state index contributed by atoms with van der Waals surface area (Å²) in [7, 11) is 0. The third-order valence-corrected chi connectivity index (χ3v) is 4.36. The van der Waals surface area contributed by atoms with Gasteiger partial charge in [-0.25, -0.2) is 0 Å². The van der Waals surface area contributed by atoms with Crippen LogP contribution in [0.1, 0.15) is 38.4 Å². The van der Waals surface area contributed by atoms with Gasteiger partial charge in [-0.1, -0.05) is 6.92 Å². The summed E-state index contributed by atoms with van der Waals surface area (Å²) in [6.45, 7) is 5.72. The fourth-order valence-electron chi connectivity index (χ4n) is 3.00. The molecule has 1 N–H and O–H groups in total. The van der Waals surface area contributed by atoms with Crippen LogP contribution in [0.3, 0.4) is 0 Å². The minimum absolute atomic E-state index is 0.661. The average molecular weight is 248 g/mol. The van der Waals surface area contributed by atoms with E-state index in [0.29, 0.717) is 6.04 Å². The van der Waals surface area contributed by atoms with Crippen molar-refractivity contribution in [1.29, 1.82) is 0 Å². The zero-order valence-corrected chi connectivity index (χ0v) is 11.3. The van der Waals surface area contributed by atoms with Crippen molar-refractivity contribution >= 4 is 0 Å². The maximum Gasteiger partial charge on any atom is 0.117 e. The van der Waals surface area contributed by atoms with Gasteiger partial charge in [0.15, 0.2) is 0 Å². The highest BCUT2D eigenvalue weighted by Gasteiger charge is 2.32. The van der Waals surface area contributed by atoms with Gasteiger partial charge in [0.05, 0.1) is 12.8 Å². The predicted molar refractivity (Wildman–Crippen MR) is 72.3 cm³/mol. The molecule has 18 heavy (non-hydrogen) atoms. The molecule has 3 heteroatoms. The topological polar surface area (TPSA) is 28.4 Å². The van der Waals surface area contributed by atoms with Crippen molar-refractivity contribution in [2.75, 3.05) is 13.1 Å². The molecule has 2 fully saturated rings. The number of piperidine rings is 1. The second-order valence-electron chi connectivity index (χ2n) is 5.92. The molecule has 3 rings (SSSR count). The Balaban J connectivity index is 1.59. The normalized spacial score (nSPS) is 28.8. The summed E-state index contributed by atoms with van der Waals surface area (Å²) in [6, 6.07) is 5.54. The Morgan fingerprint density at radius 2 is 2.28 bits per heavy atom. The van der Waals surface area contributed by atoms with Crippen molar-refractivity contribution in [3.63, 3.8) is 0 Å². The summed E-state index contributed by atoms with van der Waals surface area (Å²) in [6.07, 6.45) is 7.21. The molecule has 1 saturated carbocycles. The number of nitrogens with one attached hydrogen (secondary N) is 1. The van der Waals surface area contributed by atoms with Gasteiger partial charge in [0.25, 0.3) is 0 Å². The molecule has 0 spiro atoms. The summed E-state index contributed by atoms with van der Waals surface area (Å²) in [5.41, 5.74) is 0. The number of hydrogen-bond acceptors (Lipinski definition) is 3. The molecule has 2 unspecified atom stereocenters. The van der Waals surface area contributed by atoms with E-state index in [9.17, 15) is 0 Å². The minimum Gasteiger partial charge on any atom is -0.468 e. The van der Waals surface area contributed by atoms with Gasteiger partial charge in [0.2, 0.25) is 0 Å². The minimum atomic E-state index is 0.661. The van der Waals surface area contributed by atoms with Crippen molar-refractivity contribution in [1.82, 2.24) is 10.2 Å². The monoisotopic (exact) mass is 248 g/mol. The summed E-state index contributed by atoms with van der Waals surface area (Å²) in [4.78, 5) is 2.61. The first kappa shape index (κ1) is 12.2. The van der Waals surface area contributed by atoms with E-state index in [-0.39, 0.29) is 0 Å². The number of hydrogen-bond donors (Lipinski definition) is 1. The van der Waals surface area contributed by atoms with Gasteiger partial charge in [0.1, 0.15) is 5.76 Å². The van der Waals surface area contributed by atoms with E-state index in [1.807, 2.05) is 6.07 Å². The van der Waals surface area contributed by atoms with Crippen LogP contribution in [-0.2, 0) is 6.54 Å². The van der Waals surface area contributed by atoms with Gasteiger partial charge in [-0.2, -0.15) is 0 Å². The summed E-state index contributed by atoms with van der Waals surface area (Å²) in [5, 5.41) is 3.69. The van der Waals surface area contributed by atoms with Gasteiger partial charge in [-0.3, -0.25) is 4.90 Å². The van der Waals surface area contributed by atoms with Crippen LogP contribution in [0.15, 0.2) is 22.8 Å². The van der Waals surface area contributed by atoms with E-state index in [1.165, 1.54) is 38.8 Å². The lowest BCUT2D eigenvalue weighted by Crippen LogP contribution is -2.48. The van der Waals surface area contributed by atoms with Crippen molar-refractivity contribution in [2.24, 2.45) is 5.92 Å². The Labute approximate surface area is 110 Å². The van der Waals surface area contributed by atoms with Gasteiger partial charge >= 0.3 is 0 Å². The predicted octanol–water partition coefficient (Wildman–Crippen LogP) is 2.63. The van der Waals surface area contributed by atoms with Gasteiger partial charge in [0, 0.05) is 18.6 Å². The molecular formula is C15H24N2O. The van der Waals surface area contributed by atoms with Crippen LogP contribution in [0.4, 0.5) is 0 Å². The van der Waals surface area contributed by atoms with Crippen LogP contribution in [0.25, 0.3) is 0 Å². The fraction of sp³-hybridized carbons (Fsp3) is 0.733. The van der Waals surface area contributed by atoms with Gasteiger partial charge < -0.3 is 9.73 Å². The van der Waals surface area contributed by atoms with Crippen LogP contribution in [0.5, 0.6) is 0 Å². The molecule has 100 valence electrons. The lowest BCUT2D eigenvalue weighted by molar-refractivity contribution is 0.168. The lowest BCUT2D eigenvalue weighted by Gasteiger charge is -2.34. The average Bonchev–Trinajstić information content (AvgIpc) is 3.10. The summed E-state index contributed by atoms with van der Waals surface area (Å²) in [5.74, 6) is 1.90. The maximum absolute atomic E-state index is 5.50. The molecule has 1 aromatic heterocycles. The van der Waals surface area contributed by atoms with E-state index < -0.39 is 0 Å². The molecule has 2 aliphatic rings. The number of furan rings is 1. The quantitative estimate of drug-likeness (QED) is 0.868. The highest BCUT2D eigenvalue weighted by molar-refractivity contribution is 5.00. The van der Waals surface area contributed by atoms with Gasteiger partial charge in [-0.15, -0.1) is 0 Å². The second-order valence-corrected chi connectivity index (χ2v) is 5.92. The summed E-state index contributed by atoms with van der Waals surface area (Å²) < 4.78 is 5.50. The third-order valence-electron chi connectivity index (χ3n) is 4.36. The number of nitrogens with zero attached hydrogens (tertiary/aromatic N) is 1. The largest absolute Gasteiger partial charge is 0.468 e. The smallest absolute Gasteiger partial charge is 0.117 e. The highest BCUT2D eigenvalue weighted by atomic mass is 16.3. The first-order chi connectivity index (χ1) is 8.83. The molecule has 0 radical (unpaired) electrons. The zero-order valence-electron chi connectivity index (χ0n) is 11.3. The van der Waals surface area contributed by atoms with Crippen LogP contribution < -0.4 is 5.32 Å². The molecule has 1 aromatic rings. The fourth-order valence-corrected chi connectivity index (χ4v) is 3.00. The molecule has 0 bridgehead atoms. The molecule has 2 atom stereocenters. The molecule has 0 aromatic carbocycles. The molecule has 1 saturated heterocycles. The second kappa shape index (κ2) is 5.45. The Kier molecular flexibility index (Phi) is 3.71. The Morgan fingerprint density at radius 1 is 1.39 bits per heavy atom. The molecule has 3 nitrogen and oxygen atoms in total. The van der Waals surface area contributed by atoms with E-state index in [4.69, 9.17) is 4.42 Å². The molecule has 1 aliphatic heterocycles. The first-order valence-corrected chi connectivity index (χ1v) is 7.33. The highest BCUT2D eigenvalue weighted by Crippen LogP contribution is 2.30. The van der Waals surface area contributed by atoms with Crippen LogP contribution in [0.2, 0.25) is 0 Å². The third kappa shape index (κ3) is 2.96. The Bertz CT molecular complexity index is 359. The van der Waals surface area contributed by atoms with Crippen molar-refractivity contribution in [2.45, 2.75) is 51.2 Å². The Hall–Kier alpha value is -0.800. The lowest BCUT2D eigenvalue weighted by atomic mass is 9.92. The van der Waals surface area contributed by atoms with E-state index in [1.54, 1.807) is 6.26 Å². The van der Waals surface area contributed by atoms with Crippen molar-refractivity contribution < 1.29 is 4.42 Å². The molecular weight excluding hydrogens is 224 g/mol. The number of rotatable bonds is 5.